The van der Waals surface area contributed by atoms with E-state index in [4.69, 9.17) is 11.6 Å². The highest BCUT2D eigenvalue weighted by Gasteiger charge is 2.29. The maximum Gasteiger partial charge on any atom is 0.0898 e. The van der Waals surface area contributed by atoms with Crippen LogP contribution in [0.25, 0.3) is 0 Å². The van der Waals surface area contributed by atoms with Gasteiger partial charge in [-0.2, -0.15) is 0 Å². The fourth-order valence-corrected chi connectivity index (χ4v) is 3.38. The Morgan fingerprint density at radius 1 is 1.50 bits per heavy atom. The fraction of sp³-hybridized carbons (Fsp3) is 0.385. The Kier molecular flexibility index (Phi) is 3.22. The molecular weight excluding hydrogens is 266 g/mol. The molecule has 0 radical (unpaired) electrons. The number of halogens is 1. The molecule has 2 aromatic heterocycles. The minimum Gasteiger partial charge on any atom is -0.362 e. The van der Waals surface area contributed by atoms with Gasteiger partial charge in [-0.15, -0.1) is 11.3 Å². The van der Waals surface area contributed by atoms with Crippen LogP contribution >= 0.6 is 22.9 Å². The molecule has 0 aromatic carbocycles. The number of nitrogens with zero attached hydrogens (tertiary/aromatic N) is 3. The summed E-state index contributed by atoms with van der Waals surface area (Å²) in [6.07, 6.45) is 5.82. The van der Waals surface area contributed by atoms with E-state index >= 15 is 0 Å². The number of pyridine rings is 1. The second-order valence-corrected chi connectivity index (χ2v) is 5.94. The van der Waals surface area contributed by atoms with E-state index in [9.17, 15) is 0 Å². The van der Waals surface area contributed by atoms with Crippen LogP contribution in [-0.4, -0.2) is 16.5 Å². The van der Waals surface area contributed by atoms with Crippen molar-refractivity contribution in [3.8, 4) is 0 Å². The van der Waals surface area contributed by atoms with Crippen LogP contribution in [0.5, 0.6) is 0 Å². The standard InChI is InChI=1S/C13H14ClN3S/c1-9-16-11(8-18-9)13-3-2-6-17(13)12-4-5-15-7-10(12)14/h4-5,7-8,13H,2-3,6H2,1H3/t13-/m0/s1. The van der Waals surface area contributed by atoms with Crippen molar-refractivity contribution in [1.82, 2.24) is 9.97 Å². The van der Waals surface area contributed by atoms with Crippen LogP contribution in [0.1, 0.15) is 29.6 Å². The van der Waals surface area contributed by atoms with E-state index in [1.54, 1.807) is 23.7 Å². The highest BCUT2D eigenvalue weighted by molar-refractivity contribution is 7.09. The Balaban J connectivity index is 1.94. The summed E-state index contributed by atoms with van der Waals surface area (Å²) < 4.78 is 0. The molecule has 3 rings (SSSR count). The van der Waals surface area contributed by atoms with Crippen LogP contribution in [0.15, 0.2) is 23.8 Å². The van der Waals surface area contributed by atoms with Crippen LogP contribution in [0.2, 0.25) is 5.02 Å². The predicted octanol–water partition coefficient (Wildman–Crippen LogP) is 3.84. The summed E-state index contributed by atoms with van der Waals surface area (Å²) >= 11 is 7.95. The molecule has 1 fully saturated rings. The van der Waals surface area contributed by atoms with E-state index in [1.165, 1.54) is 12.1 Å². The van der Waals surface area contributed by atoms with Crippen molar-refractivity contribution in [3.05, 3.63) is 39.6 Å². The van der Waals surface area contributed by atoms with Gasteiger partial charge in [-0.3, -0.25) is 4.98 Å². The van der Waals surface area contributed by atoms with E-state index in [2.05, 4.69) is 20.2 Å². The highest BCUT2D eigenvalue weighted by Crippen LogP contribution is 2.38. The molecule has 1 atom stereocenters. The van der Waals surface area contributed by atoms with Gasteiger partial charge in [0, 0.05) is 24.3 Å². The molecule has 1 aliphatic rings. The number of anilines is 1. The Bertz CT molecular complexity index is 555. The summed E-state index contributed by atoms with van der Waals surface area (Å²) in [7, 11) is 0. The average molecular weight is 280 g/mol. The molecule has 0 unspecified atom stereocenters. The lowest BCUT2D eigenvalue weighted by molar-refractivity contribution is 0.698. The molecular formula is C13H14ClN3S. The topological polar surface area (TPSA) is 29.0 Å². The lowest BCUT2D eigenvalue weighted by Crippen LogP contribution is -2.23. The van der Waals surface area contributed by atoms with E-state index < -0.39 is 0 Å². The number of aromatic nitrogens is 2. The minimum atomic E-state index is 0.356. The van der Waals surface area contributed by atoms with E-state index in [-0.39, 0.29) is 0 Å². The van der Waals surface area contributed by atoms with Crippen LogP contribution in [-0.2, 0) is 0 Å². The molecule has 2 aromatic rings. The highest BCUT2D eigenvalue weighted by atomic mass is 35.5. The molecule has 0 saturated carbocycles. The molecule has 0 aliphatic carbocycles. The summed E-state index contributed by atoms with van der Waals surface area (Å²) in [5.74, 6) is 0. The van der Waals surface area contributed by atoms with Crippen molar-refractivity contribution in [1.29, 1.82) is 0 Å². The molecule has 0 amide bonds. The van der Waals surface area contributed by atoms with E-state index in [1.807, 2.05) is 13.0 Å². The van der Waals surface area contributed by atoms with E-state index in [0.717, 1.165) is 28.7 Å². The van der Waals surface area contributed by atoms with Crippen molar-refractivity contribution < 1.29 is 0 Å². The molecule has 1 saturated heterocycles. The number of rotatable bonds is 2. The van der Waals surface area contributed by atoms with Crippen molar-refractivity contribution in [2.24, 2.45) is 0 Å². The first-order chi connectivity index (χ1) is 8.75. The Labute approximate surface area is 115 Å². The summed E-state index contributed by atoms with van der Waals surface area (Å²) in [5.41, 5.74) is 2.24. The van der Waals surface area contributed by atoms with Gasteiger partial charge < -0.3 is 4.90 Å². The normalized spacial score (nSPS) is 19.4. The first-order valence-corrected chi connectivity index (χ1v) is 7.29. The van der Waals surface area contributed by atoms with Gasteiger partial charge in [0.05, 0.1) is 27.5 Å². The molecule has 0 bridgehead atoms. The van der Waals surface area contributed by atoms with Crippen molar-refractivity contribution >= 4 is 28.6 Å². The minimum absolute atomic E-state index is 0.356. The van der Waals surface area contributed by atoms with Crippen molar-refractivity contribution in [2.45, 2.75) is 25.8 Å². The third-order valence-electron chi connectivity index (χ3n) is 3.29. The van der Waals surface area contributed by atoms with Gasteiger partial charge in [0.25, 0.3) is 0 Å². The van der Waals surface area contributed by atoms with Gasteiger partial charge in [0.1, 0.15) is 0 Å². The average Bonchev–Trinajstić information content (AvgIpc) is 2.98. The van der Waals surface area contributed by atoms with Gasteiger partial charge >= 0.3 is 0 Å². The molecule has 0 N–H and O–H groups in total. The third kappa shape index (κ3) is 2.10. The lowest BCUT2D eigenvalue weighted by Gasteiger charge is -2.26. The molecule has 94 valence electrons. The lowest BCUT2D eigenvalue weighted by atomic mass is 10.1. The van der Waals surface area contributed by atoms with Crippen LogP contribution in [0.4, 0.5) is 5.69 Å². The summed E-state index contributed by atoms with van der Waals surface area (Å²) in [6.45, 7) is 3.08. The van der Waals surface area contributed by atoms with Crippen LogP contribution in [0.3, 0.4) is 0 Å². The fourth-order valence-electron chi connectivity index (χ4n) is 2.50. The summed E-state index contributed by atoms with van der Waals surface area (Å²) in [5, 5.41) is 4.00. The Morgan fingerprint density at radius 3 is 3.11 bits per heavy atom. The Morgan fingerprint density at radius 2 is 2.39 bits per heavy atom. The summed E-state index contributed by atoms with van der Waals surface area (Å²) in [4.78, 5) is 11.0. The Hall–Kier alpha value is -1.13. The number of hydrogen-bond donors (Lipinski definition) is 0. The maximum atomic E-state index is 6.24. The van der Waals surface area contributed by atoms with Gasteiger partial charge in [-0.25, -0.2) is 4.98 Å². The smallest absolute Gasteiger partial charge is 0.0898 e. The molecule has 3 nitrogen and oxygen atoms in total. The van der Waals surface area contributed by atoms with Crippen LogP contribution in [0, 0.1) is 6.92 Å². The van der Waals surface area contributed by atoms with Gasteiger partial charge in [0.2, 0.25) is 0 Å². The SMILES string of the molecule is Cc1nc([C@@H]2CCCN2c2ccncc2Cl)cs1. The maximum absolute atomic E-state index is 6.24. The second-order valence-electron chi connectivity index (χ2n) is 4.47. The number of aryl methyl sites for hydroxylation is 1. The quantitative estimate of drug-likeness (QED) is 0.836. The van der Waals surface area contributed by atoms with Gasteiger partial charge in [-0.05, 0) is 25.8 Å². The van der Waals surface area contributed by atoms with Crippen molar-refractivity contribution in [2.75, 3.05) is 11.4 Å². The first-order valence-electron chi connectivity index (χ1n) is 6.04. The monoisotopic (exact) mass is 279 g/mol. The molecule has 1 aliphatic heterocycles. The predicted molar refractivity (Wildman–Crippen MR) is 75.4 cm³/mol. The van der Waals surface area contributed by atoms with Gasteiger partial charge in [-0.1, -0.05) is 11.6 Å². The first kappa shape index (κ1) is 11.9. The zero-order valence-corrected chi connectivity index (χ0v) is 11.7. The third-order valence-corrected chi connectivity index (χ3v) is 4.37. The van der Waals surface area contributed by atoms with Crippen LogP contribution < -0.4 is 4.90 Å². The molecule has 0 spiro atoms. The largest absolute Gasteiger partial charge is 0.362 e. The molecule has 3 heterocycles. The number of hydrogen-bond acceptors (Lipinski definition) is 4. The zero-order valence-electron chi connectivity index (χ0n) is 10.1. The second kappa shape index (κ2) is 4.86. The zero-order chi connectivity index (χ0) is 12.5. The number of thiazole rings is 1. The van der Waals surface area contributed by atoms with E-state index in [0.29, 0.717) is 6.04 Å². The summed E-state index contributed by atoms with van der Waals surface area (Å²) in [6, 6.07) is 2.34. The van der Waals surface area contributed by atoms with Gasteiger partial charge in [0.15, 0.2) is 0 Å². The molecule has 5 heteroatoms. The van der Waals surface area contributed by atoms with Crippen molar-refractivity contribution in [3.63, 3.8) is 0 Å². The molecule has 18 heavy (non-hydrogen) atoms.